The SMILES string of the molecule is CC(=O)NC1[C@@H](OCc2ccccc2)OC(CO)[C@@H](O)[C@@H]1O[C@H](C)C(=O)N[C@@H](C)C(=O)N[C@H](CCC(=O)N[C@H](CSC[C@H](N)C(=O)O)C(=O)O)C(=O)O. The van der Waals surface area contributed by atoms with Gasteiger partial charge in [0.25, 0.3) is 0 Å². The number of hydrogen-bond donors (Lipinski definition) is 10. The lowest BCUT2D eigenvalue weighted by atomic mass is 9.96. The van der Waals surface area contributed by atoms with Crippen LogP contribution >= 0.6 is 11.8 Å². The minimum absolute atomic E-state index is 0.0288. The van der Waals surface area contributed by atoms with Crippen LogP contribution in [-0.4, -0.2) is 146 Å². The smallest absolute Gasteiger partial charge is 0.327 e. The van der Waals surface area contributed by atoms with E-state index in [1.165, 1.54) is 20.8 Å². The van der Waals surface area contributed by atoms with E-state index in [1.54, 1.807) is 30.3 Å². The highest BCUT2D eigenvalue weighted by atomic mass is 32.2. The van der Waals surface area contributed by atoms with E-state index in [0.29, 0.717) is 0 Å². The summed E-state index contributed by atoms with van der Waals surface area (Å²) in [7, 11) is 0. The third-order valence-electron chi connectivity index (χ3n) is 7.77. The van der Waals surface area contributed by atoms with Gasteiger partial charge in [-0.25, -0.2) is 9.59 Å². The lowest BCUT2D eigenvalue weighted by Gasteiger charge is -2.44. The summed E-state index contributed by atoms with van der Waals surface area (Å²) in [5, 5.41) is 58.0. The summed E-state index contributed by atoms with van der Waals surface area (Å²) in [5.74, 6) is -7.77. The molecule has 10 atom stereocenters. The number of carboxylic acids is 3. The van der Waals surface area contributed by atoms with Gasteiger partial charge in [-0.1, -0.05) is 30.3 Å². The molecule has 1 saturated heterocycles. The predicted octanol–water partition coefficient (Wildman–Crippen LogP) is -2.87. The van der Waals surface area contributed by atoms with Gasteiger partial charge in [-0.3, -0.25) is 24.0 Å². The van der Waals surface area contributed by atoms with Gasteiger partial charge in [-0.15, -0.1) is 0 Å². The number of amides is 4. The fraction of sp³-hybridized carbons (Fsp3) is 0.594. The average molecular weight is 774 g/mol. The van der Waals surface area contributed by atoms with E-state index >= 15 is 0 Å². The van der Waals surface area contributed by atoms with E-state index < -0.39 is 122 Å². The van der Waals surface area contributed by atoms with Crippen molar-refractivity contribution < 1.29 is 73.3 Å². The zero-order valence-corrected chi connectivity index (χ0v) is 30.0. The third kappa shape index (κ3) is 14.9. The van der Waals surface area contributed by atoms with Crippen LogP contribution in [0.1, 0.15) is 39.2 Å². The Morgan fingerprint density at radius 1 is 0.906 bits per heavy atom. The first-order valence-electron chi connectivity index (χ1n) is 16.4. The van der Waals surface area contributed by atoms with Gasteiger partial charge in [-0.05, 0) is 25.8 Å². The van der Waals surface area contributed by atoms with Crippen LogP contribution in [-0.2, 0) is 54.4 Å². The predicted molar refractivity (Wildman–Crippen MR) is 184 cm³/mol. The summed E-state index contributed by atoms with van der Waals surface area (Å²) < 4.78 is 17.4. The minimum Gasteiger partial charge on any atom is -0.480 e. The number of thioether (sulfide) groups is 1. The van der Waals surface area contributed by atoms with Crippen LogP contribution < -0.4 is 27.0 Å². The van der Waals surface area contributed by atoms with Crippen molar-refractivity contribution in [2.24, 2.45) is 5.73 Å². The standard InChI is InChI=1S/C32H47N5O15S/c1-15(27(42)37-20(30(46)47)9-10-23(40)36-21(31(48)49)14-53-13-19(33)29(44)45)34-28(43)16(2)51-26-24(35-17(3)39)32(52-22(11-38)25(26)41)50-12-18-7-5-4-6-8-18/h4-8,15-16,19-22,24-26,32,38,41H,9-14,33H2,1-3H3,(H,34,43)(H,35,39)(H,36,40)(H,37,42)(H,44,45)(H,46,47)(H,48,49)/t15-,16+,19-,20+,21+,22?,24?,25+,26+,32-/m0/s1. The molecule has 21 heteroatoms. The van der Waals surface area contributed by atoms with E-state index in [2.05, 4.69) is 21.3 Å². The van der Waals surface area contributed by atoms with Crippen molar-refractivity contribution in [3.63, 3.8) is 0 Å². The van der Waals surface area contributed by atoms with Gasteiger partial charge in [-0.2, -0.15) is 11.8 Å². The van der Waals surface area contributed by atoms with Gasteiger partial charge < -0.3 is 66.7 Å². The zero-order valence-electron chi connectivity index (χ0n) is 29.2. The number of nitrogens with one attached hydrogen (secondary N) is 4. The van der Waals surface area contributed by atoms with Crippen LogP contribution in [0.2, 0.25) is 0 Å². The highest BCUT2D eigenvalue weighted by molar-refractivity contribution is 7.99. The molecule has 2 rings (SSSR count). The van der Waals surface area contributed by atoms with Crippen molar-refractivity contribution >= 4 is 53.3 Å². The van der Waals surface area contributed by atoms with Gasteiger partial charge in [0.2, 0.25) is 23.6 Å². The first-order valence-corrected chi connectivity index (χ1v) is 17.5. The molecule has 2 unspecified atom stereocenters. The zero-order chi connectivity index (χ0) is 39.8. The Balaban J connectivity index is 2.00. The lowest BCUT2D eigenvalue weighted by molar-refractivity contribution is -0.283. The van der Waals surface area contributed by atoms with E-state index in [0.717, 1.165) is 17.3 Å². The fourth-order valence-corrected chi connectivity index (χ4v) is 5.86. The Morgan fingerprint density at radius 3 is 2.11 bits per heavy atom. The molecule has 1 aromatic rings. The summed E-state index contributed by atoms with van der Waals surface area (Å²) >= 11 is 0.884. The molecule has 1 heterocycles. The quantitative estimate of drug-likeness (QED) is 0.0566. The molecule has 0 aromatic heterocycles. The number of aliphatic hydroxyl groups is 2. The monoisotopic (exact) mass is 773 g/mol. The number of carbonyl (C=O) groups excluding carboxylic acids is 4. The van der Waals surface area contributed by atoms with Gasteiger partial charge in [0.05, 0.1) is 13.2 Å². The molecule has 1 fully saturated rings. The second kappa shape index (κ2) is 22.0. The number of rotatable bonds is 22. The Hall–Kier alpha value is -4.38. The number of nitrogens with two attached hydrogens (primary N) is 1. The second-order valence-electron chi connectivity index (χ2n) is 12.1. The van der Waals surface area contributed by atoms with Crippen LogP contribution in [0.4, 0.5) is 0 Å². The van der Waals surface area contributed by atoms with Crippen molar-refractivity contribution in [1.82, 2.24) is 21.3 Å². The molecule has 0 bridgehead atoms. The van der Waals surface area contributed by atoms with Crippen molar-refractivity contribution in [3.8, 4) is 0 Å². The highest BCUT2D eigenvalue weighted by Gasteiger charge is 2.48. The van der Waals surface area contributed by atoms with Crippen LogP contribution in [0.25, 0.3) is 0 Å². The summed E-state index contributed by atoms with van der Waals surface area (Å²) in [4.78, 5) is 84.7. The molecule has 0 radical (unpaired) electrons. The number of carboxylic acid groups (broad SMARTS) is 3. The van der Waals surface area contributed by atoms with Gasteiger partial charge in [0.1, 0.15) is 54.6 Å². The molecule has 296 valence electrons. The van der Waals surface area contributed by atoms with Crippen molar-refractivity contribution in [3.05, 3.63) is 35.9 Å². The molecular formula is C32H47N5O15S. The van der Waals surface area contributed by atoms with E-state index in [-0.39, 0.29) is 18.1 Å². The third-order valence-corrected chi connectivity index (χ3v) is 8.93. The molecule has 53 heavy (non-hydrogen) atoms. The van der Waals surface area contributed by atoms with E-state index in [9.17, 15) is 54.0 Å². The number of ether oxygens (including phenoxy) is 3. The normalized spacial score (nSPS) is 22.6. The molecule has 1 aliphatic heterocycles. The number of aliphatic carboxylic acids is 3. The number of carbonyl (C=O) groups is 7. The molecule has 0 aliphatic carbocycles. The molecule has 1 aliphatic rings. The summed E-state index contributed by atoms with van der Waals surface area (Å²) in [5.41, 5.74) is 6.14. The summed E-state index contributed by atoms with van der Waals surface area (Å²) in [6.45, 7) is 3.12. The Labute approximate surface area is 308 Å². The van der Waals surface area contributed by atoms with Crippen LogP contribution in [0.5, 0.6) is 0 Å². The first kappa shape index (κ1) is 44.8. The molecule has 4 amide bonds. The fourth-order valence-electron chi connectivity index (χ4n) is 4.86. The topological polar surface area (TPSA) is 322 Å². The van der Waals surface area contributed by atoms with Gasteiger partial charge >= 0.3 is 17.9 Å². The van der Waals surface area contributed by atoms with Crippen molar-refractivity contribution in [2.75, 3.05) is 18.1 Å². The largest absolute Gasteiger partial charge is 0.480 e. The van der Waals surface area contributed by atoms with Crippen LogP contribution in [0, 0.1) is 0 Å². The minimum atomic E-state index is -1.62. The Kier molecular flexibility index (Phi) is 18.6. The van der Waals surface area contributed by atoms with Crippen LogP contribution in [0.15, 0.2) is 30.3 Å². The maximum absolute atomic E-state index is 13.1. The number of aliphatic hydroxyl groups excluding tert-OH is 2. The molecule has 0 saturated carbocycles. The van der Waals surface area contributed by atoms with E-state index in [4.69, 9.17) is 25.1 Å². The van der Waals surface area contributed by atoms with Gasteiger partial charge in [0, 0.05) is 24.9 Å². The molecule has 0 spiro atoms. The van der Waals surface area contributed by atoms with Crippen molar-refractivity contribution in [2.45, 2.75) is 101 Å². The second-order valence-corrected chi connectivity index (χ2v) is 13.2. The maximum Gasteiger partial charge on any atom is 0.327 e. The number of hydrogen-bond acceptors (Lipinski definition) is 14. The maximum atomic E-state index is 13.1. The summed E-state index contributed by atoms with van der Waals surface area (Å²) in [6, 6.07) is 2.16. The Bertz CT molecular complexity index is 1420. The Morgan fingerprint density at radius 2 is 1.55 bits per heavy atom. The lowest BCUT2D eigenvalue weighted by Crippen LogP contribution is -2.66. The number of benzene rings is 1. The molecular weight excluding hydrogens is 726 g/mol. The summed E-state index contributed by atoms with van der Waals surface area (Å²) in [6.07, 6.45) is -7.69. The van der Waals surface area contributed by atoms with Crippen molar-refractivity contribution in [1.29, 1.82) is 0 Å². The molecule has 11 N–H and O–H groups in total. The molecule has 20 nitrogen and oxygen atoms in total. The first-order chi connectivity index (χ1) is 24.9. The highest BCUT2D eigenvalue weighted by Crippen LogP contribution is 2.26. The molecule has 1 aromatic carbocycles. The van der Waals surface area contributed by atoms with E-state index in [1.807, 2.05) is 0 Å². The van der Waals surface area contributed by atoms with Gasteiger partial charge in [0.15, 0.2) is 6.29 Å². The van der Waals surface area contributed by atoms with Crippen LogP contribution in [0.3, 0.4) is 0 Å². The average Bonchev–Trinajstić information content (AvgIpc) is 3.10.